The van der Waals surface area contributed by atoms with Gasteiger partial charge in [0.2, 0.25) is 0 Å². The lowest BCUT2D eigenvalue weighted by molar-refractivity contribution is 0.0941. The molecule has 5 nitrogen and oxygen atoms in total. The fourth-order valence-electron chi connectivity index (χ4n) is 1.96. The van der Waals surface area contributed by atoms with Crippen molar-refractivity contribution in [2.75, 3.05) is 5.73 Å². The predicted molar refractivity (Wildman–Crippen MR) is 74.6 cm³/mol. The molecular weight excluding hydrogens is 259 g/mol. The Hall–Kier alpha value is -2.37. The number of nitrogens with two attached hydrogens (primary N) is 1. The van der Waals surface area contributed by atoms with E-state index in [0.717, 1.165) is 0 Å². The Morgan fingerprint density at radius 3 is 2.80 bits per heavy atom. The topological polar surface area (TPSA) is 72.9 Å². The Morgan fingerprint density at radius 2 is 2.15 bits per heavy atom. The fourth-order valence-corrected chi connectivity index (χ4v) is 1.96. The molecule has 1 aromatic heterocycles. The number of halogens is 1. The number of nitrogen functional groups attached to an aromatic ring is 1. The normalized spacial score (nSPS) is 10.6. The number of anilines is 1. The summed E-state index contributed by atoms with van der Waals surface area (Å²) in [5.41, 5.74) is 7.58. The molecule has 0 aliphatic heterocycles. The number of nitrogens with zero attached hydrogens (tertiary/aromatic N) is 2. The number of hydrogen-bond donors (Lipinski definition) is 2. The van der Waals surface area contributed by atoms with Gasteiger partial charge in [-0.25, -0.2) is 4.39 Å². The van der Waals surface area contributed by atoms with Gasteiger partial charge in [0.1, 0.15) is 11.5 Å². The van der Waals surface area contributed by atoms with Crippen LogP contribution < -0.4 is 11.1 Å². The van der Waals surface area contributed by atoms with Gasteiger partial charge >= 0.3 is 0 Å². The maximum atomic E-state index is 13.5. The van der Waals surface area contributed by atoms with Crippen LogP contribution in [0.25, 0.3) is 0 Å². The van der Waals surface area contributed by atoms with Crippen molar-refractivity contribution >= 4 is 11.6 Å². The summed E-state index contributed by atoms with van der Waals surface area (Å²) in [5, 5.41) is 6.84. The van der Waals surface area contributed by atoms with Crippen LogP contribution in [0.3, 0.4) is 0 Å². The minimum atomic E-state index is -0.354. The lowest BCUT2D eigenvalue weighted by atomic mass is 10.2. The summed E-state index contributed by atoms with van der Waals surface area (Å²) in [6.07, 6.45) is 0. The smallest absolute Gasteiger partial charge is 0.271 e. The second-order valence-electron chi connectivity index (χ2n) is 4.44. The zero-order valence-electron chi connectivity index (χ0n) is 11.5. The first-order valence-corrected chi connectivity index (χ1v) is 6.39. The first kappa shape index (κ1) is 14.0. The molecule has 1 aromatic carbocycles. The van der Waals surface area contributed by atoms with Crippen molar-refractivity contribution in [3.8, 4) is 0 Å². The van der Waals surface area contributed by atoms with Crippen molar-refractivity contribution < 1.29 is 9.18 Å². The predicted octanol–water partition coefficient (Wildman–Crippen LogP) is 1.86. The molecule has 3 N–H and O–H groups in total. The van der Waals surface area contributed by atoms with E-state index in [9.17, 15) is 9.18 Å². The molecule has 1 heterocycles. The van der Waals surface area contributed by atoms with Gasteiger partial charge in [0, 0.05) is 18.7 Å². The maximum absolute atomic E-state index is 13.5. The van der Waals surface area contributed by atoms with Crippen molar-refractivity contribution in [3.63, 3.8) is 0 Å². The monoisotopic (exact) mass is 276 g/mol. The van der Waals surface area contributed by atoms with Gasteiger partial charge in [-0.15, -0.1) is 0 Å². The van der Waals surface area contributed by atoms with E-state index in [1.54, 1.807) is 29.8 Å². The molecule has 0 atom stereocenters. The Labute approximate surface area is 116 Å². The summed E-state index contributed by atoms with van der Waals surface area (Å²) < 4.78 is 15.0. The van der Waals surface area contributed by atoms with Crippen molar-refractivity contribution in [1.29, 1.82) is 0 Å². The van der Waals surface area contributed by atoms with Crippen LogP contribution in [0.1, 0.15) is 28.7 Å². The lowest BCUT2D eigenvalue weighted by Gasteiger charge is -2.08. The number of carbonyl (C=O) groups excluding carboxylic acids is 1. The summed E-state index contributed by atoms with van der Waals surface area (Å²) in [5.74, 6) is -0.700. The summed E-state index contributed by atoms with van der Waals surface area (Å²) >= 11 is 0. The second-order valence-corrected chi connectivity index (χ2v) is 4.44. The van der Waals surface area contributed by atoms with Gasteiger partial charge in [-0.3, -0.25) is 9.48 Å². The number of aromatic nitrogens is 2. The average molecular weight is 276 g/mol. The number of rotatable bonds is 4. The molecule has 6 heteroatoms. The van der Waals surface area contributed by atoms with E-state index in [1.807, 2.05) is 6.92 Å². The third-order valence-corrected chi connectivity index (χ3v) is 3.09. The molecule has 1 amide bonds. The Bertz CT molecular complexity index is 636. The summed E-state index contributed by atoms with van der Waals surface area (Å²) in [7, 11) is 0. The van der Waals surface area contributed by atoms with Crippen LogP contribution in [0.2, 0.25) is 0 Å². The standard InChI is InChI=1S/C14H17FN4O/c1-3-19-13(12(16)9(2)18-19)14(20)17-8-10-6-4-5-7-11(10)15/h4-7H,3,8,16H2,1-2H3,(H,17,20). The van der Waals surface area contributed by atoms with Crippen molar-refractivity contribution in [2.24, 2.45) is 0 Å². The molecule has 0 bridgehead atoms. The Kier molecular flexibility index (Phi) is 4.02. The summed E-state index contributed by atoms with van der Waals surface area (Å²) in [4.78, 5) is 12.2. The van der Waals surface area contributed by atoms with Crippen LogP contribution >= 0.6 is 0 Å². The number of carbonyl (C=O) groups is 1. The molecule has 2 rings (SSSR count). The molecule has 2 aromatic rings. The van der Waals surface area contributed by atoms with Crippen molar-refractivity contribution in [1.82, 2.24) is 15.1 Å². The zero-order chi connectivity index (χ0) is 14.7. The van der Waals surface area contributed by atoms with Gasteiger partial charge in [-0.2, -0.15) is 5.10 Å². The van der Waals surface area contributed by atoms with Crippen LogP contribution in [0.5, 0.6) is 0 Å². The fraction of sp³-hybridized carbons (Fsp3) is 0.286. The van der Waals surface area contributed by atoms with Gasteiger partial charge < -0.3 is 11.1 Å². The highest BCUT2D eigenvalue weighted by atomic mass is 19.1. The van der Waals surface area contributed by atoms with Crippen LogP contribution in [-0.4, -0.2) is 15.7 Å². The van der Waals surface area contributed by atoms with Gasteiger partial charge in [0.05, 0.1) is 11.4 Å². The van der Waals surface area contributed by atoms with E-state index in [2.05, 4.69) is 10.4 Å². The molecule has 0 radical (unpaired) electrons. The van der Waals surface area contributed by atoms with E-state index >= 15 is 0 Å². The molecule has 0 saturated heterocycles. The third kappa shape index (κ3) is 2.64. The number of nitrogens with one attached hydrogen (secondary N) is 1. The first-order chi connectivity index (χ1) is 9.54. The van der Waals surface area contributed by atoms with Crippen molar-refractivity contribution in [2.45, 2.75) is 26.9 Å². The molecule has 0 fully saturated rings. The number of amides is 1. The second kappa shape index (κ2) is 5.73. The van der Waals surface area contributed by atoms with Gasteiger partial charge in [-0.05, 0) is 19.9 Å². The molecule has 0 unspecified atom stereocenters. The van der Waals surface area contributed by atoms with E-state index in [1.165, 1.54) is 6.07 Å². The average Bonchev–Trinajstić information content (AvgIpc) is 2.73. The minimum Gasteiger partial charge on any atom is -0.395 e. The quantitative estimate of drug-likeness (QED) is 0.895. The Morgan fingerprint density at radius 1 is 1.45 bits per heavy atom. The highest BCUT2D eigenvalue weighted by Gasteiger charge is 2.18. The van der Waals surface area contributed by atoms with Crippen LogP contribution in [0, 0.1) is 12.7 Å². The van der Waals surface area contributed by atoms with Gasteiger partial charge in [-0.1, -0.05) is 18.2 Å². The zero-order valence-corrected chi connectivity index (χ0v) is 11.5. The van der Waals surface area contributed by atoms with E-state index < -0.39 is 0 Å². The number of aryl methyl sites for hydroxylation is 2. The van der Waals surface area contributed by atoms with Gasteiger partial charge in [0.25, 0.3) is 5.91 Å². The highest BCUT2D eigenvalue weighted by Crippen LogP contribution is 2.16. The first-order valence-electron chi connectivity index (χ1n) is 6.39. The number of hydrogen-bond acceptors (Lipinski definition) is 3. The van der Waals surface area contributed by atoms with E-state index in [4.69, 9.17) is 5.73 Å². The molecule has 0 saturated carbocycles. The third-order valence-electron chi connectivity index (χ3n) is 3.09. The molecule has 0 aliphatic rings. The SMILES string of the molecule is CCn1nc(C)c(N)c1C(=O)NCc1ccccc1F. The Balaban J connectivity index is 2.15. The van der Waals surface area contributed by atoms with Crippen LogP contribution in [-0.2, 0) is 13.1 Å². The molecule has 20 heavy (non-hydrogen) atoms. The van der Waals surface area contributed by atoms with Crippen LogP contribution in [0.4, 0.5) is 10.1 Å². The summed E-state index contributed by atoms with van der Waals surface area (Å²) in [6.45, 7) is 4.27. The van der Waals surface area contributed by atoms with Gasteiger partial charge in [0.15, 0.2) is 0 Å². The molecular formula is C14H17FN4O. The van der Waals surface area contributed by atoms with E-state index in [-0.39, 0.29) is 18.3 Å². The van der Waals surface area contributed by atoms with Crippen LogP contribution in [0.15, 0.2) is 24.3 Å². The summed E-state index contributed by atoms with van der Waals surface area (Å²) in [6, 6.07) is 6.31. The maximum Gasteiger partial charge on any atom is 0.271 e. The van der Waals surface area contributed by atoms with Crippen molar-refractivity contribution in [3.05, 3.63) is 47.0 Å². The minimum absolute atomic E-state index is 0.110. The van der Waals surface area contributed by atoms with E-state index in [0.29, 0.717) is 29.2 Å². The molecule has 0 aliphatic carbocycles. The molecule has 106 valence electrons. The highest BCUT2D eigenvalue weighted by molar-refractivity contribution is 5.97. The number of benzene rings is 1. The lowest BCUT2D eigenvalue weighted by Crippen LogP contribution is -2.27. The largest absolute Gasteiger partial charge is 0.395 e. The molecule has 0 spiro atoms.